The fourth-order valence-corrected chi connectivity index (χ4v) is 1.84. The van der Waals surface area contributed by atoms with Crippen molar-refractivity contribution in [2.45, 2.75) is 6.54 Å². The van der Waals surface area contributed by atoms with E-state index in [0.717, 1.165) is 0 Å². The first kappa shape index (κ1) is 14.0. The molecule has 0 unspecified atom stereocenters. The van der Waals surface area contributed by atoms with Crippen molar-refractivity contribution in [3.63, 3.8) is 0 Å². The van der Waals surface area contributed by atoms with E-state index in [1.54, 1.807) is 6.07 Å². The van der Waals surface area contributed by atoms with Gasteiger partial charge in [0, 0.05) is 30.3 Å². The molecule has 104 valence electrons. The lowest BCUT2D eigenvalue weighted by atomic mass is 10.2. The van der Waals surface area contributed by atoms with Gasteiger partial charge < -0.3 is 15.5 Å². The Kier molecular flexibility index (Phi) is 3.95. The summed E-state index contributed by atoms with van der Waals surface area (Å²) < 4.78 is 0. The van der Waals surface area contributed by atoms with Gasteiger partial charge in [-0.25, -0.2) is 0 Å². The van der Waals surface area contributed by atoms with Gasteiger partial charge in [-0.15, -0.1) is 0 Å². The molecule has 0 radical (unpaired) electrons. The third kappa shape index (κ3) is 3.10. The summed E-state index contributed by atoms with van der Waals surface area (Å²) in [6.07, 6.45) is 0. The van der Waals surface area contributed by atoms with Gasteiger partial charge in [-0.3, -0.25) is 10.1 Å². The molecule has 0 amide bonds. The maximum atomic E-state index is 10.7. The van der Waals surface area contributed by atoms with Crippen molar-refractivity contribution in [3.8, 4) is 11.5 Å². The lowest BCUT2D eigenvalue weighted by Gasteiger charge is -2.10. The summed E-state index contributed by atoms with van der Waals surface area (Å²) >= 11 is 5.94. The number of halogens is 1. The zero-order chi connectivity index (χ0) is 14.7. The van der Waals surface area contributed by atoms with E-state index < -0.39 is 4.92 Å². The molecular weight excluding hydrogens is 284 g/mol. The molecule has 0 aliphatic carbocycles. The highest BCUT2D eigenvalue weighted by molar-refractivity contribution is 6.33. The van der Waals surface area contributed by atoms with Crippen molar-refractivity contribution in [1.82, 2.24) is 0 Å². The minimum atomic E-state index is -0.514. The number of hydrogen-bond donors (Lipinski definition) is 3. The molecule has 0 bridgehead atoms. The van der Waals surface area contributed by atoms with Crippen molar-refractivity contribution in [3.05, 3.63) is 57.1 Å². The summed E-state index contributed by atoms with van der Waals surface area (Å²) in [5, 5.41) is 32.8. The number of nitro groups is 1. The van der Waals surface area contributed by atoms with Crippen molar-refractivity contribution in [1.29, 1.82) is 0 Å². The molecule has 0 aliphatic heterocycles. The first-order chi connectivity index (χ1) is 9.47. The average Bonchev–Trinajstić information content (AvgIpc) is 2.39. The number of rotatable bonds is 4. The predicted molar refractivity (Wildman–Crippen MR) is 75.2 cm³/mol. The Morgan fingerprint density at radius 2 is 1.95 bits per heavy atom. The van der Waals surface area contributed by atoms with Gasteiger partial charge in [-0.1, -0.05) is 11.6 Å². The smallest absolute Gasteiger partial charge is 0.271 e. The standard InChI is InChI=1S/C13H11ClN2O4/c14-11-4-2-9(16(19)20)5-12(11)15-7-8-1-3-10(17)6-13(8)18/h1-6,15,17-18H,7H2. The van der Waals surface area contributed by atoms with Crippen LogP contribution in [-0.4, -0.2) is 15.1 Å². The number of non-ortho nitro benzene ring substituents is 1. The van der Waals surface area contributed by atoms with Crippen LogP contribution in [0, 0.1) is 10.1 Å². The van der Waals surface area contributed by atoms with Gasteiger partial charge >= 0.3 is 0 Å². The molecule has 0 fully saturated rings. The Balaban J connectivity index is 2.18. The van der Waals surface area contributed by atoms with E-state index in [1.165, 1.54) is 30.3 Å². The fourth-order valence-electron chi connectivity index (χ4n) is 1.65. The van der Waals surface area contributed by atoms with Crippen LogP contribution in [-0.2, 0) is 6.54 Å². The molecule has 3 N–H and O–H groups in total. The monoisotopic (exact) mass is 294 g/mol. The number of nitro benzene ring substituents is 1. The van der Waals surface area contributed by atoms with E-state index in [4.69, 9.17) is 11.6 Å². The van der Waals surface area contributed by atoms with Crippen LogP contribution >= 0.6 is 11.6 Å². The second kappa shape index (κ2) is 5.66. The van der Waals surface area contributed by atoms with Crippen molar-refractivity contribution >= 4 is 23.0 Å². The first-order valence-corrected chi connectivity index (χ1v) is 6.04. The summed E-state index contributed by atoms with van der Waals surface area (Å²) in [4.78, 5) is 10.2. The van der Waals surface area contributed by atoms with Crippen molar-refractivity contribution in [2.24, 2.45) is 0 Å². The average molecular weight is 295 g/mol. The highest BCUT2D eigenvalue weighted by Gasteiger charge is 2.10. The molecule has 0 spiro atoms. The molecule has 0 saturated carbocycles. The number of nitrogens with zero attached hydrogens (tertiary/aromatic N) is 1. The van der Waals surface area contributed by atoms with Gasteiger partial charge in [0.2, 0.25) is 0 Å². The molecule has 6 nitrogen and oxygen atoms in total. The summed E-state index contributed by atoms with van der Waals surface area (Å²) in [7, 11) is 0. The lowest BCUT2D eigenvalue weighted by molar-refractivity contribution is -0.384. The van der Waals surface area contributed by atoms with E-state index >= 15 is 0 Å². The van der Waals surface area contributed by atoms with Crippen LogP contribution in [0.15, 0.2) is 36.4 Å². The molecule has 7 heteroatoms. The molecule has 2 aromatic rings. The fraction of sp³-hybridized carbons (Fsp3) is 0.0769. The number of nitrogens with one attached hydrogen (secondary N) is 1. The number of phenols is 2. The van der Waals surface area contributed by atoms with Crippen LogP contribution in [0.3, 0.4) is 0 Å². The molecule has 2 rings (SSSR count). The predicted octanol–water partition coefficient (Wildman–Crippen LogP) is 3.27. The highest BCUT2D eigenvalue weighted by Crippen LogP contribution is 2.28. The molecule has 0 atom stereocenters. The lowest BCUT2D eigenvalue weighted by Crippen LogP contribution is -2.01. The van der Waals surface area contributed by atoms with Crippen molar-refractivity contribution < 1.29 is 15.1 Å². The Hall–Kier alpha value is -2.47. The highest BCUT2D eigenvalue weighted by atomic mass is 35.5. The van der Waals surface area contributed by atoms with Gasteiger partial charge in [0.15, 0.2) is 0 Å². The van der Waals surface area contributed by atoms with Crippen LogP contribution in [0.5, 0.6) is 11.5 Å². The third-order valence-electron chi connectivity index (χ3n) is 2.70. The van der Waals surface area contributed by atoms with Crippen LogP contribution in [0.1, 0.15) is 5.56 Å². The first-order valence-electron chi connectivity index (χ1n) is 5.66. The summed E-state index contributed by atoms with van der Waals surface area (Å²) in [5.74, 6) is -0.112. The minimum absolute atomic E-state index is 0.0420. The van der Waals surface area contributed by atoms with Gasteiger partial charge in [-0.2, -0.15) is 0 Å². The van der Waals surface area contributed by atoms with Crippen LogP contribution < -0.4 is 5.32 Å². The topological polar surface area (TPSA) is 95.6 Å². The number of hydrogen-bond acceptors (Lipinski definition) is 5. The molecule has 2 aromatic carbocycles. The maximum absolute atomic E-state index is 10.7. The summed E-state index contributed by atoms with van der Waals surface area (Å²) in [6, 6.07) is 8.25. The van der Waals surface area contributed by atoms with E-state index in [-0.39, 0.29) is 23.7 Å². The molecule has 0 aliphatic rings. The van der Waals surface area contributed by atoms with Gasteiger partial charge in [0.1, 0.15) is 11.5 Å². The number of anilines is 1. The van der Waals surface area contributed by atoms with Gasteiger partial charge in [0.25, 0.3) is 5.69 Å². The van der Waals surface area contributed by atoms with E-state index in [1.807, 2.05) is 0 Å². The Morgan fingerprint density at radius 3 is 2.60 bits per heavy atom. The minimum Gasteiger partial charge on any atom is -0.508 e. The second-order valence-electron chi connectivity index (χ2n) is 4.09. The third-order valence-corrected chi connectivity index (χ3v) is 3.03. The quantitative estimate of drug-likeness (QED) is 0.594. The van der Waals surface area contributed by atoms with E-state index in [2.05, 4.69) is 5.32 Å². The Bertz CT molecular complexity index is 661. The molecular formula is C13H11ClN2O4. The van der Waals surface area contributed by atoms with Crippen LogP contribution in [0.25, 0.3) is 0 Å². The Morgan fingerprint density at radius 1 is 1.20 bits per heavy atom. The van der Waals surface area contributed by atoms with Crippen LogP contribution in [0.2, 0.25) is 5.02 Å². The maximum Gasteiger partial charge on any atom is 0.271 e. The summed E-state index contributed by atoms with van der Waals surface area (Å²) in [5.41, 5.74) is 0.852. The molecule has 0 saturated heterocycles. The second-order valence-corrected chi connectivity index (χ2v) is 4.50. The number of aromatic hydroxyl groups is 2. The van der Waals surface area contributed by atoms with Crippen LogP contribution in [0.4, 0.5) is 11.4 Å². The molecule has 0 heterocycles. The zero-order valence-corrected chi connectivity index (χ0v) is 11.0. The zero-order valence-electron chi connectivity index (χ0n) is 10.2. The Labute approximate surface area is 119 Å². The number of phenolic OH excluding ortho intramolecular Hbond substituents is 2. The molecule has 20 heavy (non-hydrogen) atoms. The van der Waals surface area contributed by atoms with Crippen molar-refractivity contribution in [2.75, 3.05) is 5.32 Å². The van der Waals surface area contributed by atoms with Gasteiger partial charge in [-0.05, 0) is 18.2 Å². The largest absolute Gasteiger partial charge is 0.508 e. The van der Waals surface area contributed by atoms with Gasteiger partial charge in [0.05, 0.1) is 15.6 Å². The summed E-state index contributed by atoms with van der Waals surface area (Å²) in [6.45, 7) is 0.215. The normalized spacial score (nSPS) is 10.2. The molecule has 0 aromatic heterocycles. The van der Waals surface area contributed by atoms with E-state index in [0.29, 0.717) is 16.3 Å². The van der Waals surface area contributed by atoms with E-state index in [9.17, 15) is 20.3 Å². The number of benzene rings is 2. The SMILES string of the molecule is O=[N+]([O-])c1ccc(Cl)c(NCc2ccc(O)cc2O)c1.